The summed E-state index contributed by atoms with van der Waals surface area (Å²) in [5.74, 6) is 2.29. The summed E-state index contributed by atoms with van der Waals surface area (Å²) < 4.78 is 1.09. The van der Waals surface area contributed by atoms with Crippen molar-refractivity contribution in [3.8, 4) is 0 Å². The van der Waals surface area contributed by atoms with Gasteiger partial charge in [-0.3, -0.25) is 0 Å². The van der Waals surface area contributed by atoms with Gasteiger partial charge >= 0.3 is 0 Å². The quantitative estimate of drug-likeness (QED) is 0.838. The first-order valence-corrected chi connectivity index (χ1v) is 7.51. The lowest BCUT2D eigenvalue weighted by Gasteiger charge is -2.16. The maximum atomic E-state index is 6.05. The first-order valence-electron chi connectivity index (χ1n) is 6.43. The SMILES string of the molecule is CC1(c2nc(N)c(I)c(C3CCCC3)n2)CC1. The van der Waals surface area contributed by atoms with Gasteiger partial charge in [0.25, 0.3) is 0 Å². The molecular weight excluding hydrogens is 325 g/mol. The van der Waals surface area contributed by atoms with Crippen LogP contribution >= 0.6 is 22.6 Å². The van der Waals surface area contributed by atoms with E-state index in [1.165, 1.54) is 44.2 Å². The Morgan fingerprint density at radius 1 is 1.24 bits per heavy atom. The average Bonchev–Trinajstić information content (AvgIpc) is 2.85. The van der Waals surface area contributed by atoms with Crippen LogP contribution in [0.15, 0.2) is 0 Å². The van der Waals surface area contributed by atoms with E-state index < -0.39 is 0 Å². The molecule has 0 unspecified atom stereocenters. The van der Waals surface area contributed by atoms with Crippen molar-refractivity contribution >= 4 is 28.4 Å². The monoisotopic (exact) mass is 343 g/mol. The third-order valence-corrected chi connectivity index (χ3v) is 5.29. The standard InChI is InChI=1S/C13H18IN3/c1-13(6-7-13)12-16-10(8-4-2-3-5-8)9(14)11(15)17-12/h8H,2-7H2,1H3,(H2,15,16,17). The molecule has 1 aromatic rings. The lowest BCUT2D eigenvalue weighted by molar-refractivity contribution is 0.647. The van der Waals surface area contributed by atoms with Crippen LogP contribution in [0.1, 0.15) is 62.9 Å². The molecule has 0 atom stereocenters. The molecule has 17 heavy (non-hydrogen) atoms. The number of nitrogen functional groups attached to an aromatic ring is 1. The van der Waals surface area contributed by atoms with Gasteiger partial charge in [0.15, 0.2) is 0 Å². The number of nitrogens with two attached hydrogens (primary N) is 1. The number of halogens is 1. The van der Waals surface area contributed by atoms with Crippen LogP contribution in [0.3, 0.4) is 0 Å². The Kier molecular flexibility index (Phi) is 2.80. The zero-order chi connectivity index (χ0) is 12.0. The molecule has 0 radical (unpaired) electrons. The van der Waals surface area contributed by atoms with Crippen molar-refractivity contribution < 1.29 is 0 Å². The highest BCUT2D eigenvalue weighted by atomic mass is 127. The number of hydrogen-bond donors (Lipinski definition) is 1. The van der Waals surface area contributed by atoms with E-state index in [2.05, 4.69) is 34.5 Å². The Hall–Kier alpha value is -0.390. The second kappa shape index (κ2) is 4.07. The van der Waals surface area contributed by atoms with Gasteiger partial charge in [-0.2, -0.15) is 0 Å². The van der Waals surface area contributed by atoms with Crippen molar-refractivity contribution in [2.45, 2.75) is 56.8 Å². The fourth-order valence-corrected chi connectivity index (χ4v) is 3.31. The topological polar surface area (TPSA) is 51.8 Å². The fourth-order valence-electron chi connectivity index (χ4n) is 2.63. The van der Waals surface area contributed by atoms with Crippen LogP contribution in [0.2, 0.25) is 0 Å². The Bertz CT molecular complexity index is 448. The number of rotatable bonds is 2. The molecule has 2 fully saturated rings. The second-order valence-corrected chi connectivity index (χ2v) is 6.75. The number of hydrogen-bond acceptors (Lipinski definition) is 3. The van der Waals surface area contributed by atoms with E-state index in [-0.39, 0.29) is 5.41 Å². The van der Waals surface area contributed by atoms with Crippen LogP contribution < -0.4 is 5.73 Å². The van der Waals surface area contributed by atoms with E-state index in [9.17, 15) is 0 Å². The molecule has 3 rings (SSSR count). The van der Waals surface area contributed by atoms with Crippen molar-refractivity contribution in [2.75, 3.05) is 5.73 Å². The van der Waals surface area contributed by atoms with Crippen LogP contribution in [-0.4, -0.2) is 9.97 Å². The molecule has 2 aliphatic rings. The molecule has 1 heterocycles. The molecule has 3 nitrogen and oxygen atoms in total. The second-order valence-electron chi connectivity index (χ2n) is 5.67. The van der Waals surface area contributed by atoms with Gasteiger partial charge in [0.2, 0.25) is 0 Å². The average molecular weight is 343 g/mol. The number of nitrogens with zero attached hydrogens (tertiary/aromatic N) is 2. The van der Waals surface area contributed by atoms with Gasteiger partial charge < -0.3 is 5.73 Å². The molecule has 0 bridgehead atoms. The summed E-state index contributed by atoms with van der Waals surface area (Å²) in [4.78, 5) is 9.35. The maximum Gasteiger partial charge on any atom is 0.140 e. The smallest absolute Gasteiger partial charge is 0.140 e. The highest BCUT2D eigenvalue weighted by Crippen LogP contribution is 2.47. The molecular formula is C13H18IN3. The lowest BCUT2D eigenvalue weighted by Crippen LogP contribution is -2.14. The minimum absolute atomic E-state index is 0.214. The Balaban J connectivity index is 2.03. The zero-order valence-corrected chi connectivity index (χ0v) is 12.3. The molecule has 2 N–H and O–H groups in total. The van der Waals surface area contributed by atoms with Gasteiger partial charge in [-0.05, 0) is 48.3 Å². The molecule has 0 amide bonds. The van der Waals surface area contributed by atoms with Gasteiger partial charge in [-0.25, -0.2) is 9.97 Å². The van der Waals surface area contributed by atoms with Gasteiger partial charge in [0.05, 0.1) is 9.26 Å². The largest absolute Gasteiger partial charge is 0.383 e. The van der Waals surface area contributed by atoms with E-state index in [4.69, 9.17) is 10.7 Å². The summed E-state index contributed by atoms with van der Waals surface area (Å²) in [5, 5.41) is 0. The van der Waals surface area contributed by atoms with Crippen LogP contribution in [-0.2, 0) is 5.41 Å². The third kappa shape index (κ3) is 2.04. The third-order valence-electron chi connectivity index (χ3n) is 4.18. The predicted octanol–water partition coefficient (Wildman–Crippen LogP) is 3.37. The predicted molar refractivity (Wildman–Crippen MR) is 77.0 cm³/mol. The summed E-state index contributed by atoms with van der Waals surface area (Å²) in [6.07, 6.45) is 7.61. The zero-order valence-electron chi connectivity index (χ0n) is 10.2. The highest BCUT2D eigenvalue weighted by molar-refractivity contribution is 14.1. The van der Waals surface area contributed by atoms with Crippen molar-refractivity contribution in [2.24, 2.45) is 0 Å². The molecule has 2 saturated carbocycles. The molecule has 0 aromatic carbocycles. The Labute approximate surface area is 116 Å². The molecule has 0 spiro atoms. The minimum Gasteiger partial charge on any atom is -0.383 e. The first-order chi connectivity index (χ1) is 8.10. The summed E-state index contributed by atoms with van der Waals surface area (Å²) in [5.41, 5.74) is 7.49. The van der Waals surface area contributed by atoms with Crippen molar-refractivity contribution in [3.05, 3.63) is 15.1 Å². The van der Waals surface area contributed by atoms with Gasteiger partial charge in [0.1, 0.15) is 11.6 Å². The molecule has 0 saturated heterocycles. The van der Waals surface area contributed by atoms with Crippen LogP contribution in [0.4, 0.5) is 5.82 Å². The lowest BCUT2D eigenvalue weighted by atomic mass is 10.0. The van der Waals surface area contributed by atoms with Crippen LogP contribution in [0, 0.1) is 3.57 Å². The molecule has 1 aromatic heterocycles. The fraction of sp³-hybridized carbons (Fsp3) is 0.692. The van der Waals surface area contributed by atoms with Crippen molar-refractivity contribution in [1.29, 1.82) is 0 Å². The van der Waals surface area contributed by atoms with E-state index >= 15 is 0 Å². The summed E-state index contributed by atoms with van der Waals surface area (Å²) in [6.45, 7) is 2.24. The number of anilines is 1. The highest BCUT2D eigenvalue weighted by Gasteiger charge is 2.43. The van der Waals surface area contributed by atoms with Gasteiger partial charge in [-0.15, -0.1) is 0 Å². The van der Waals surface area contributed by atoms with E-state index in [1.807, 2.05) is 0 Å². The summed E-state index contributed by atoms with van der Waals surface area (Å²) >= 11 is 2.31. The van der Waals surface area contributed by atoms with E-state index in [1.54, 1.807) is 0 Å². The van der Waals surface area contributed by atoms with Gasteiger partial charge in [-0.1, -0.05) is 19.8 Å². The molecule has 4 heteroatoms. The molecule has 0 aliphatic heterocycles. The number of aromatic nitrogens is 2. The van der Waals surface area contributed by atoms with E-state index in [0.29, 0.717) is 11.7 Å². The minimum atomic E-state index is 0.214. The van der Waals surface area contributed by atoms with Crippen LogP contribution in [0.25, 0.3) is 0 Å². The van der Waals surface area contributed by atoms with Crippen LogP contribution in [0.5, 0.6) is 0 Å². The maximum absolute atomic E-state index is 6.05. The summed E-state index contributed by atoms with van der Waals surface area (Å²) in [6, 6.07) is 0. The van der Waals surface area contributed by atoms with Gasteiger partial charge in [0, 0.05) is 11.3 Å². The Morgan fingerprint density at radius 3 is 2.47 bits per heavy atom. The van der Waals surface area contributed by atoms with E-state index in [0.717, 1.165) is 9.39 Å². The first kappa shape index (κ1) is 11.7. The van der Waals surface area contributed by atoms with Crippen molar-refractivity contribution in [1.82, 2.24) is 9.97 Å². The normalized spacial score (nSPS) is 22.9. The molecule has 92 valence electrons. The molecule has 2 aliphatic carbocycles. The van der Waals surface area contributed by atoms with Crippen molar-refractivity contribution in [3.63, 3.8) is 0 Å². The summed E-state index contributed by atoms with van der Waals surface area (Å²) in [7, 11) is 0. The Morgan fingerprint density at radius 2 is 1.88 bits per heavy atom.